The minimum Gasteiger partial charge on any atom is -0.372 e. The molecular formula is C12H20N2OS. The highest BCUT2D eigenvalue weighted by molar-refractivity contribution is 7.09. The van der Waals surface area contributed by atoms with E-state index in [2.05, 4.69) is 5.38 Å². The van der Waals surface area contributed by atoms with E-state index in [1.807, 2.05) is 13.8 Å². The molecule has 1 aromatic heterocycles. The van der Waals surface area contributed by atoms with E-state index < -0.39 is 0 Å². The van der Waals surface area contributed by atoms with Crippen LogP contribution in [0.15, 0.2) is 5.38 Å². The molecule has 1 fully saturated rings. The first-order chi connectivity index (χ1) is 7.54. The second-order valence-electron chi connectivity index (χ2n) is 4.99. The maximum atomic E-state index is 6.10. The van der Waals surface area contributed by atoms with E-state index in [1.165, 1.54) is 12.8 Å². The number of rotatable bonds is 3. The van der Waals surface area contributed by atoms with Crippen molar-refractivity contribution in [3.8, 4) is 0 Å². The third-order valence-electron chi connectivity index (χ3n) is 3.50. The van der Waals surface area contributed by atoms with Crippen molar-refractivity contribution in [3.63, 3.8) is 0 Å². The summed E-state index contributed by atoms with van der Waals surface area (Å²) in [5.74, 6) is 0.456. The standard InChI is InChI=1S/C12H20N2OS/c1-12(2,15-3)11-14-10(7-16-11)8-5-4-6-9(8)13/h7-9H,4-6,13H2,1-3H3. The summed E-state index contributed by atoms with van der Waals surface area (Å²) in [6.07, 6.45) is 3.54. The van der Waals surface area contributed by atoms with Gasteiger partial charge in [-0.2, -0.15) is 0 Å². The topological polar surface area (TPSA) is 48.1 Å². The second-order valence-corrected chi connectivity index (χ2v) is 5.85. The Balaban J connectivity index is 2.19. The number of nitrogens with zero attached hydrogens (tertiary/aromatic N) is 1. The zero-order valence-corrected chi connectivity index (χ0v) is 11.0. The maximum absolute atomic E-state index is 6.10. The molecule has 0 radical (unpaired) electrons. The van der Waals surface area contributed by atoms with Gasteiger partial charge in [0.2, 0.25) is 0 Å². The summed E-state index contributed by atoms with van der Waals surface area (Å²) >= 11 is 1.68. The van der Waals surface area contributed by atoms with Crippen LogP contribution in [0, 0.1) is 0 Å². The van der Waals surface area contributed by atoms with Crippen molar-refractivity contribution in [2.75, 3.05) is 7.11 Å². The van der Waals surface area contributed by atoms with Crippen LogP contribution in [0.4, 0.5) is 0 Å². The van der Waals surface area contributed by atoms with Gasteiger partial charge in [0.05, 0.1) is 5.69 Å². The smallest absolute Gasteiger partial charge is 0.124 e. The van der Waals surface area contributed by atoms with Crippen LogP contribution in [0.3, 0.4) is 0 Å². The van der Waals surface area contributed by atoms with Gasteiger partial charge in [-0.1, -0.05) is 6.42 Å². The summed E-state index contributed by atoms with van der Waals surface area (Å²) in [6.45, 7) is 4.09. The molecule has 2 unspecified atom stereocenters. The van der Waals surface area contributed by atoms with E-state index in [0.29, 0.717) is 12.0 Å². The Morgan fingerprint density at radius 1 is 1.50 bits per heavy atom. The summed E-state index contributed by atoms with van der Waals surface area (Å²) in [5.41, 5.74) is 6.97. The van der Waals surface area contributed by atoms with Gasteiger partial charge in [-0.05, 0) is 26.7 Å². The van der Waals surface area contributed by atoms with Crippen LogP contribution >= 0.6 is 11.3 Å². The van der Waals surface area contributed by atoms with Gasteiger partial charge in [0.15, 0.2) is 0 Å². The Hall–Kier alpha value is -0.450. The van der Waals surface area contributed by atoms with Gasteiger partial charge < -0.3 is 10.5 Å². The lowest BCUT2D eigenvalue weighted by Crippen LogP contribution is -2.24. The SMILES string of the molecule is COC(C)(C)c1nc(C2CCCC2N)cs1. The van der Waals surface area contributed by atoms with Gasteiger partial charge in [-0.15, -0.1) is 11.3 Å². The number of thiazole rings is 1. The first-order valence-corrected chi connectivity index (χ1v) is 6.69. The second kappa shape index (κ2) is 4.43. The molecule has 2 rings (SSSR count). The molecule has 0 bridgehead atoms. The van der Waals surface area contributed by atoms with Crippen LogP contribution in [0.25, 0.3) is 0 Å². The molecule has 2 N–H and O–H groups in total. The van der Waals surface area contributed by atoms with Crippen LogP contribution in [-0.4, -0.2) is 18.1 Å². The van der Waals surface area contributed by atoms with E-state index in [0.717, 1.165) is 17.1 Å². The van der Waals surface area contributed by atoms with Crippen LogP contribution in [-0.2, 0) is 10.3 Å². The van der Waals surface area contributed by atoms with Crippen molar-refractivity contribution in [2.45, 2.75) is 50.7 Å². The highest BCUT2D eigenvalue weighted by atomic mass is 32.1. The fourth-order valence-corrected chi connectivity index (χ4v) is 3.16. The van der Waals surface area contributed by atoms with E-state index in [9.17, 15) is 0 Å². The minimum absolute atomic E-state index is 0.286. The first kappa shape index (κ1) is 12.0. The van der Waals surface area contributed by atoms with Crippen molar-refractivity contribution >= 4 is 11.3 Å². The molecule has 16 heavy (non-hydrogen) atoms. The molecule has 0 amide bonds. The molecule has 0 aliphatic heterocycles. The molecule has 1 aliphatic rings. The van der Waals surface area contributed by atoms with Gasteiger partial charge >= 0.3 is 0 Å². The number of hydrogen-bond acceptors (Lipinski definition) is 4. The summed E-state index contributed by atoms with van der Waals surface area (Å²) < 4.78 is 5.44. The third kappa shape index (κ3) is 2.14. The summed E-state index contributed by atoms with van der Waals surface area (Å²) in [4.78, 5) is 4.70. The predicted molar refractivity (Wildman–Crippen MR) is 66.7 cm³/mol. The molecule has 3 nitrogen and oxygen atoms in total. The number of hydrogen-bond donors (Lipinski definition) is 1. The van der Waals surface area contributed by atoms with E-state index >= 15 is 0 Å². The van der Waals surface area contributed by atoms with Gasteiger partial charge in [0.25, 0.3) is 0 Å². The Kier molecular flexibility index (Phi) is 3.33. The molecule has 90 valence electrons. The largest absolute Gasteiger partial charge is 0.372 e. The Morgan fingerprint density at radius 3 is 2.81 bits per heavy atom. The molecule has 2 atom stereocenters. The summed E-state index contributed by atoms with van der Waals surface area (Å²) in [6, 6.07) is 0.292. The number of methoxy groups -OCH3 is 1. The lowest BCUT2D eigenvalue weighted by Gasteiger charge is -2.19. The average molecular weight is 240 g/mol. The Labute approximate surface area is 101 Å². The number of ether oxygens (including phenoxy) is 1. The van der Waals surface area contributed by atoms with E-state index in [-0.39, 0.29) is 5.60 Å². The van der Waals surface area contributed by atoms with Gasteiger partial charge in [-0.3, -0.25) is 0 Å². The van der Waals surface area contributed by atoms with Crippen LogP contribution in [0.5, 0.6) is 0 Å². The van der Waals surface area contributed by atoms with Gasteiger partial charge in [0.1, 0.15) is 10.6 Å². The number of aromatic nitrogens is 1. The fraction of sp³-hybridized carbons (Fsp3) is 0.750. The third-order valence-corrected chi connectivity index (χ3v) is 4.66. The summed E-state index contributed by atoms with van der Waals surface area (Å²) in [5, 5.41) is 3.19. The molecule has 1 aliphatic carbocycles. The minimum atomic E-state index is -0.286. The van der Waals surface area contributed by atoms with Gasteiger partial charge in [-0.25, -0.2) is 4.98 Å². The predicted octanol–water partition coefficient (Wildman–Crippen LogP) is 2.62. The molecule has 1 aromatic rings. The summed E-state index contributed by atoms with van der Waals surface area (Å²) in [7, 11) is 1.72. The first-order valence-electron chi connectivity index (χ1n) is 5.81. The quantitative estimate of drug-likeness (QED) is 0.883. The van der Waals surface area contributed by atoms with Crippen molar-refractivity contribution < 1.29 is 4.74 Å². The fourth-order valence-electron chi connectivity index (χ4n) is 2.18. The Bertz CT molecular complexity index is 362. The van der Waals surface area contributed by atoms with Gasteiger partial charge in [0, 0.05) is 24.4 Å². The normalized spacial score (nSPS) is 26.2. The number of nitrogens with two attached hydrogens (primary N) is 1. The van der Waals surface area contributed by atoms with Crippen molar-refractivity contribution in [3.05, 3.63) is 16.1 Å². The van der Waals surface area contributed by atoms with E-state index in [4.69, 9.17) is 15.5 Å². The van der Waals surface area contributed by atoms with E-state index in [1.54, 1.807) is 18.4 Å². The van der Waals surface area contributed by atoms with Crippen LogP contribution in [0.1, 0.15) is 49.7 Å². The molecule has 0 aromatic carbocycles. The maximum Gasteiger partial charge on any atom is 0.124 e. The molecule has 0 saturated heterocycles. The zero-order valence-electron chi connectivity index (χ0n) is 10.2. The highest BCUT2D eigenvalue weighted by Gasteiger charge is 2.30. The highest BCUT2D eigenvalue weighted by Crippen LogP contribution is 2.36. The molecule has 0 spiro atoms. The molecule has 1 heterocycles. The monoisotopic (exact) mass is 240 g/mol. The molecule has 1 saturated carbocycles. The zero-order chi connectivity index (χ0) is 11.8. The lowest BCUT2D eigenvalue weighted by atomic mass is 10.0. The Morgan fingerprint density at radius 2 is 2.25 bits per heavy atom. The molecule has 4 heteroatoms. The lowest BCUT2D eigenvalue weighted by molar-refractivity contribution is 0.0189. The van der Waals surface area contributed by atoms with Crippen LogP contribution < -0.4 is 5.73 Å². The van der Waals surface area contributed by atoms with Crippen LogP contribution in [0.2, 0.25) is 0 Å². The van der Waals surface area contributed by atoms with Crippen molar-refractivity contribution in [1.29, 1.82) is 0 Å². The average Bonchev–Trinajstić information content (AvgIpc) is 2.85. The van der Waals surface area contributed by atoms with Crippen molar-refractivity contribution in [1.82, 2.24) is 4.98 Å². The molecular weight excluding hydrogens is 220 g/mol. The van der Waals surface area contributed by atoms with Crippen molar-refractivity contribution in [2.24, 2.45) is 5.73 Å².